The number of hydrogen-bond acceptors (Lipinski definition) is 6. The molecule has 0 radical (unpaired) electrons. The Labute approximate surface area is 168 Å². The van der Waals surface area contributed by atoms with Crippen molar-refractivity contribution in [3.05, 3.63) is 57.6 Å². The number of aryl methyl sites for hydroxylation is 1. The molecule has 8 nitrogen and oxygen atoms in total. The minimum atomic E-state index is -0.540. The van der Waals surface area contributed by atoms with Gasteiger partial charge in [-0.05, 0) is 32.9 Å². The van der Waals surface area contributed by atoms with Crippen LogP contribution in [-0.4, -0.2) is 30.1 Å². The zero-order chi connectivity index (χ0) is 21.2. The molecule has 154 valence electrons. The topological polar surface area (TPSA) is 99.9 Å². The van der Waals surface area contributed by atoms with E-state index in [2.05, 4.69) is 5.32 Å². The maximum atomic E-state index is 12.5. The number of amides is 1. The van der Waals surface area contributed by atoms with Gasteiger partial charge in [-0.25, -0.2) is 0 Å². The Balaban J connectivity index is 1.68. The van der Waals surface area contributed by atoms with Gasteiger partial charge < -0.3 is 19.5 Å². The van der Waals surface area contributed by atoms with E-state index in [4.69, 9.17) is 14.2 Å². The summed E-state index contributed by atoms with van der Waals surface area (Å²) >= 11 is 0. The largest absolute Gasteiger partial charge is 0.490 e. The van der Waals surface area contributed by atoms with Gasteiger partial charge >= 0.3 is 5.69 Å². The summed E-state index contributed by atoms with van der Waals surface area (Å²) in [5.74, 6) is 0.852. The lowest BCUT2D eigenvalue weighted by Crippen LogP contribution is -2.42. The van der Waals surface area contributed by atoms with Crippen molar-refractivity contribution in [2.75, 3.05) is 13.7 Å². The van der Waals surface area contributed by atoms with Crippen molar-refractivity contribution in [2.24, 2.45) is 0 Å². The molecule has 0 bridgehead atoms. The second-order valence-electron chi connectivity index (χ2n) is 7.61. The van der Waals surface area contributed by atoms with Crippen LogP contribution < -0.4 is 19.5 Å². The van der Waals surface area contributed by atoms with Gasteiger partial charge in [0.15, 0.2) is 6.61 Å². The Hall–Kier alpha value is -3.29. The molecule has 0 saturated heterocycles. The molecule has 0 unspecified atom stereocenters. The number of nitrogens with one attached hydrogen (secondary N) is 1. The zero-order valence-electron chi connectivity index (χ0n) is 16.9. The fourth-order valence-corrected chi connectivity index (χ4v) is 3.39. The van der Waals surface area contributed by atoms with Crippen molar-refractivity contribution in [3.8, 4) is 17.2 Å². The molecule has 2 aromatic rings. The van der Waals surface area contributed by atoms with Gasteiger partial charge in [0.25, 0.3) is 5.91 Å². The Bertz CT molecular complexity index is 941. The van der Waals surface area contributed by atoms with Crippen molar-refractivity contribution >= 4 is 11.6 Å². The number of methoxy groups -OCH3 is 1. The summed E-state index contributed by atoms with van der Waals surface area (Å²) < 4.78 is 16.5. The van der Waals surface area contributed by atoms with E-state index in [1.54, 1.807) is 0 Å². The summed E-state index contributed by atoms with van der Waals surface area (Å²) in [6.45, 7) is 5.73. The lowest BCUT2D eigenvalue weighted by atomic mass is 9.89. The smallest absolute Gasteiger partial charge is 0.311 e. The van der Waals surface area contributed by atoms with E-state index in [9.17, 15) is 14.9 Å². The molecule has 2 aromatic carbocycles. The maximum absolute atomic E-state index is 12.5. The van der Waals surface area contributed by atoms with E-state index in [1.807, 2.05) is 39.0 Å². The van der Waals surface area contributed by atoms with Crippen LogP contribution >= 0.6 is 0 Å². The Morgan fingerprint density at radius 3 is 2.76 bits per heavy atom. The van der Waals surface area contributed by atoms with Crippen molar-refractivity contribution in [1.29, 1.82) is 0 Å². The molecule has 1 heterocycles. The van der Waals surface area contributed by atoms with E-state index in [1.165, 1.54) is 25.3 Å². The highest BCUT2D eigenvalue weighted by Crippen LogP contribution is 2.39. The Morgan fingerprint density at radius 1 is 1.31 bits per heavy atom. The monoisotopic (exact) mass is 400 g/mol. The van der Waals surface area contributed by atoms with Crippen molar-refractivity contribution in [1.82, 2.24) is 5.32 Å². The van der Waals surface area contributed by atoms with E-state index in [-0.39, 0.29) is 30.0 Å². The van der Waals surface area contributed by atoms with Crippen LogP contribution in [0.25, 0.3) is 0 Å². The number of rotatable bonds is 6. The summed E-state index contributed by atoms with van der Waals surface area (Å²) in [6, 6.07) is 9.82. The number of carbonyl (C=O) groups excluding carboxylic acids is 1. The molecule has 1 aliphatic heterocycles. The number of fused-ring (bicyclic) bond motifs is 1. The summed E-state index contributed by atoms with van der Waals surface area (Å²) in [6.07, 6.45) is 0.626. The highest BCUT2D eigenvalue weighted by Gasteiger charge is 2.34. The SMILES string of the molecule is COc1cc(OCC(=O)N[C@H]2CC(C)(C)Oc3ccc(C)cc32)ccc1[N+](=O)[O-]. The summed E-state index contributed by atoms with van der Waals surface area (Å²) in [5.41, 5.74) is 1.45. The fourth-order valence-electron chi connectivity index (χ4n) is 3.39. The average Bonchev–Trinajstić information content (AvgIpc) is 2.66. The molecular formula is C21H24N2O6. The number of nitrogens with zero attached hydrogens (tertiary/aromatic N) is 1. The second-order valence-corrected chi connectivity index (χ2v) is 7.61. The predicted octanol–water partition coefficient (Wildman–Crippen LogP) is 3.71. The van der Waals surface area contributed by atoms with E-state index in [0.29, 0.717) is 12.2 Å². The first kappa shape index (κ1) is 20.4. The predicted molar refractivity (Wildman–Crippen MR) is 107 cm³/mol. The highest BCUT2D eigenvalue weighted by atomic mass is 16.6. The Morgan fingerprint density at radius 2 is 2.07 bits per heavy atom. The molecular weight excluding hydrogens is 376 g/mol. The molecule has 0 fully saturated rings. The van der Waals surface area contributed by atoms with Crippen molar-refractivity contribution < 1.29 is 23.9 Å². The third-order valence-corrected chi connectivity index (χ3v) is 4.68. The number of nitro benzene ring substituents is 1. The van der Waals surface area contributed by atoms with Crippen molar-refractivity contribution in [3.63, 3.8) is 0 Å². The summed E-state index contributed by atoms with van der Waals surface area (Å²) in [7, 11) is 1.34. The van der Waals surface area contributed by atoms with Crippen LogP contribution in [0.2, 0.25) is 0 Å². The molecule has 0 spiro atoms. The van der Waals surface area contributed by atoms with Crippen LogP contribution in [0.3, 0.4) is 0 Å². The van der Waals surface area contributed by atoms with Crippen molar-refractivity contribution in [2.45, 2.75) is 38.8 Å². The number of benzene rings is 2. The van der Waals surface area contributed by atoms with Crippen LogP contribution in [0.1, 0.15) is 37.4 Å². The molecule has 1 aliphatic rings. The normalized spacial score (nSPS) is 16.9. The van der Waals surface area contributed by atoms with E-state index in [0.717, 1.165) is 16.9 Å². The molecule has 29 heavy (non-hydrogen) atoms. The van der Waals surface area contributed by atoms with Crippen LogP contribution in [0, 0.1) is 17.0 Å². The first-order chi connectivity index (χ1) is 13.7. The number of hydrogen-bond donors (Lipinski definition) is 1. The first-order valence-corrected chi connectivity index (χ1v) is 9.23. The van der Waals surface area contributed by atoms with Crippen LogP contribution in [0.15, 0.2) is 36.4 Å². The van der Waals surface area contributed by atoms with Gasteiger partial charge in [-0.15, -0.1) is 0 Å². The Kier molecular flexibility index (Phi) is 5.63. The average molecular weight is 400 g/mol. The minimum absolute atomic E-state index is 0.0727. The lowest BCUT2D eigenvalue weighted by molar-refractivity contribution is -0.385. The van der Waals surface area contributed by atoms with Gasteiger partial charge in [0.2, 0.25) is 5.75 Å². The number of nitro groups is 1. The standard InChI is InChI=1S/C21H24N2O6/c1-13-5-8-18-15(9-13)16(11-21(2,3)29-18)22-20(24)12-28-14-6-7-17(23(25)26)19(10-14)27-4/h5-10,16H,11-12H2,1-4H3,(H,22,24)/t16-/m0/s1. The van der Waals surface area contributed by atoms with E-state index >= 15 is 0 Å². The quantitative estimate of drug-likeness (QED) is 0.586. The van der Waals surface area contributed by atoms with Gasteiger partial charge in [0.1, 0.15) is 17.1 Å². The summed E-state index contributed by atoms with van der Waals surface area (Å²) in [4.78, 5) is 22.9. The number of carbonyl (C=O) groups is 1. The molecule has 3 rings (SSSR count). The van der Waals surface area contributed by atoms with Gasteiger partial charge in [-0.1, -0.05) is 17.7 Å². The lowest BCUT2D eigenvalue weighted by Gasteiger charge is -2.38. The minimum Gasteiger partial charge on any atom is -0.490 e. The van der Waals surface area contributed by atoms with Gasteiger partial charge in [0.05, 0.1) is 18.1 Å². The van der Waals surface area contributed by atoms with Crippen LogP contribution in [0.4, 0.5) is 5.69 Å². The molecule has 0 saturated carbocycles. The van der Waals surface area contributed by atoms with Gasteiger partial charge in [0, 0.05) is 24.1 Å². The molecule has 1 atom stereocenters. The summed E-state index contributed by atoms with van der Waals surface area (Å²) in [5, 5.41) is 14.0. The van der Waals surface area contributed by atoms with Gasteiger partial charge in [-0.2, -0.15) is 0 Å². The molecule has 0 aromatic heterocycles. The second kappa shape index (κ2) is 7.98. The van der Waals surface area contributed by atoms with Crippen LogP contribution in [0.5, 0.6) is 17.2 Å². The number of ether oxygens (including phenoxy) is 3. The third kappa shape index (κ3) is 4.77. The molecule has 0 aliphatic carbocycles. The van der Waals surface area contributed by atoms with Crippen LogP contribution in [-0.2, 0) is 4.79 Å². The molecule has 1 amide bonds. The van der Waals surface area contributed by atoms with E-state index < -0.39 is 10.5 Å². The molecule has 8 heteroatoms. The molecule has 1 N–H and O–H groups in total. The fraction of sp³-hybridized carbons (Fsp3) is 0.381. The van der Waals surface area contributed by atoms with Gasteiger partial charge in [-0.3, -0.25) is 14.9 Å². The maximum Gasteiger partial charge on any atom is 0.311 e. The third-order valence-electron chi connectivity index (χ3n) is 4.68. The highest BCUT2D eigenvalue weighted by molar-refractivity contribution is 5.78. The zero-order valence-corrected chi connectivity index (χ0v) is 16.9. The first-order valence-electron chi connectivity index (χ1n) is 9.23.